The number of amidine groups is 1. The van der Waals surface area contributed by atoms with Gasteiger partial charge in [0, 0.05) is 11.6 Å². The highest BCUT2D eigenvalue weighted by Crippen LogP contribution is 2.74. The lowest BCUT2D eigenvalue weighted by Crippen LogP contribution is -2.47. The first kappa shape index (κ1) is 26.5. The zero-order valence-electron chi connectivity index (χ0n) is 12.9. The third kappa shape index (κ3) is 5.61. The summed E-state index contributed by atoms with van der Waals surface area (Å²) in [6.07, 6.45) is -14.0. The smallest absolute Gasteiger partial charge is 0.336 e. The van der Waals surface area contributed by atoms with Gasteiger partial charge in [0.1, 0.15) is 0 Å². The van der Waals surface area contributed by atoms with Gasteiger partial charge in [-0.3, -0.25) is 14.0 Å². The molecule has 152 valence electrons. The van der Waals surface area contributed by atoms with Gasteiger partial charge in [-0.25, -0.2) is 0 Å². The van der Waals surface area contributed by atoms with Gasteiger partial charge in [0.25, 0.3) is 0 Å². The summed E-state index contributed by atoms with van der Waals surface area (Å²) in [6.45, 7) is 0. The highest BCUT2D eigenvalue weighted by atomic mass is 35.5. The molecular formula is C9H13ClF10N2O2P+. The van der Waals surface area contributed by atoms with Gasteiger partial charge in [0.2, 0.25) is 0 Å². The summed E-state index contributed by atoms with van der Waals surface area (Å²) in [7, 11) is -0.638. The first-order valence-electron chi connectivity index (χ1n) is 5.64. The minimum Gasteiger partial charge on any atom is -0.336 e. The summed E-state index contributed by atoms with van der Waals surface area (Å²) in [6, 6.07) is 0. The topological polar surface area (TPSA) is 43.5 Å². The largest absolute Gasteiger partial charge is 0.463 e. The highest BCUT2D eigenvalue weighted by Gasteiger charge is 2.83. The molecule has 0 heterocycles. The number of hydrogen-bond donors (Lipinski definition) is 1. The lowest BCUT2D eigenvalue weighted by molar-refractivity contribution is -0.466. The molecule has 0 spiro atoms. The van der Waals surface area contributed by atoms with E-state index in [1.165, 1.54) is 0 Å². The molecule has 0 fully saturated rings. The Balaban J connectivity index is 0. The summed E-state index contributed by atoms with van der Waals surface area (Å²) >= 11 is 5.72. The Morgan fingerprint density at radius 1 is 0.880 bits per heavy atom. The second kappa shape index (κ2) is 7.87. The van der Waals surface area contributed by atoms with Crippen molar-refractivity contribution in [2.45, 2.75) is 23.7 Å². The Morgan fingerprint density at radius 3 is 1.20 bits per heavy atom. The van der Waals surface area contributed by atoms with E-state index in [0.29, 0.717) is 0 Å². The van der Waals surface area contributed by atoms with Crippen LogP contribution in [0.25, 0.3) is 0 Å². The summed E-state index contributed by atoms with van der Waals surface area (Å²) in [4.78, 5) is 9.71. The van der Waals surface area contributed by atoms with Crippen molar-refractivity contribution in [1.29, 1.82) is 0 Å². The third-order valence-corrected chi connectivity index (χ3v) is 4.89. The van der Waals surface area contributed by atoms with Crippen LogP contribution in [-0.4, -0.2) is 71.5 Å². The standard InChI is InChI=1S/C5H12ClN2.C4HF10O2P/c1-7(2)5(6)8(3)4;5-1(6,7)3(11,12)17(15,16)4(13,14)2(8,9)10/h1-4H3;(H,15,16)/q+1;. The first-order chi connectivity index (χ1) is 10.6. The van der Waals surface area contributed by atoms with Crippen LogP contribution in [0.2, 0.25) is 0 Å². The minimum absolute atomic E-state index is 0.741. The number of alkyl halides is 10. The molecule has 0 radical (unpaired) electrons. The zero-order valence-corrected chi connectivity index (χ0v) is 14.5. The average molecular weight is 438 g/mol. The molecule has 0 unspecified atom stereocenters. The van der Waals surface area contributed by atoms with E-state index in [4.69, 9.17) is 16.5 Å². The predicted octanol–water partition coefficient (Wildman–Crippen LogP) is 3.98. The molecule has 0 aliphatic heterocycles. The molecule has 0 rings (SSSR count). The maximum Gasteiger partial charge on any atom is 0.463 e. The predicted molar refractivity (Wildman–Crippen MR) is 68.5 cm³/mol. The first-order valence-corrected chi connectivity index (χ1v) is 7.68. The Morgan fingerprint density at radius 2 is 1.12 bits per heavy atom. The highest BCUT2D eigenvalue weighted by molar-refractivity contribution is 7.60. The zero-order chi connectivity index (χ0) is 21.2. The molecule has 0 amide bonds. The van der Waals surface area contributed by atoms with E-state index in [9.17, 15) is 48.5 Å². The SMILES string of the molecule is CN(C)C(Cl)=[N+](C)C.O=P(O)(C(F)(F)C(F)(F)F)C(F)(F)C(F)(F)F. The molecule has 0 aromatic carbocycles. The lowest BCUT2D eigenvalue weighted by atomic mass is 10.7. The molecular weight excluding hydrogens is 425 g/mol. The van der Waals surface area contributed by atoms with Gasteiger partial charge in [-0.15, -0.1) is 0 Å². The number of hydrogen-bond acceptors (Lipinski definition) is 1. The molecule has 1 N–H and O–H groups in total. The molecule has 0 bridgehead atoms. The van der Waals surface area contributed by atoms with Crippen molar-refractivity contribution < 1.29 is 57.9 Å². The molecule has 0 saturated carbocycles. The molecule has 0 aliphatic rings. The van der Waals surface area contributed by atoms with Crippen molar-refractivity contribution in [1.82, 2.24) is 4.90 Å². The molecule has 16 heteroatoms. The molecule has 4 nitrogen and oxygen atoms in total. The fourth-order valence-corrected chi connectivity index (χ4v) is 1.96. The van der Waals surface area contributed by atoms with Gasteiger partial charge < -0.3 is 4.89 Å². The normalized spacial score (nSPS) is 13.8. The van der Waals surface area contributed by atoms with E-state index < -0.39 is 31.0 Å². The van der Waals surface area contributed by atoms with E-state index in [0.717, 1.165) is 5.29 Å². The molecule has 0 aromatic rings. The average Bonchev–Trinajstić information content (AvgIpc) is 2.34. The van der Waals surface area contributed by atoms with E-state index in [-0.39, 0.29) is 0 Å². The van der Waals surface area contributed by atoms with Gasteiger partial charge in [0.15, 0.2) is 0 Å². The van der Waals surface area contributed by atoms with Crippen molar-refractivity contribution in [3.8, 4) is 0 Å². The van der Waals surface area contributed by atoms with Crippen LogP contribution in [0, 0.1) is 0 Å². The van der Waals surface area contributed by atoms with Crippen LogP contribution in [0.3, 0.4) is 0 Å². The van der Waals surface area contributed by atoms with Crippen LogP contribution in [0.15, 0.2) is 0 Å². The minimum atomic E-state index is -8.26. The molecule has 0 atom stereocenters. The Bertz CT molecular complexity index is 509. The van der Waals surface area contributed by atoms with E-state index in [2.05, 4.69) is 0 Å². The molecule has 0 aromatic heterocycles. The molecule has 25 heavy (non-hydrogen) atoms. The van der Waals surface area contributed by atoms with Gasteiger partial charge in [-0.1, -0.05) is 0 Å². The maximum absolute atomic E-state index is 12.1. The summed E-state index contributed by atoms with van der Waals surface area (Å²) in [5.41, 5.74) is -14.2. The fourth-order valence-electron chi connectivity index (χ4n) is 0.920. The van der Waals surface area contributed by atoms with Crippen LogP contribution < -0.4 is 0 Å². The summed E-state index contributed by atoms with van der Waals surface area (Å²) in [5, 5.41) is 0.741. The Kier molecular flexibility index (Phi) is 8.33. The number of halogens is 11. The lowest BCUT2D eigenvalue weighted by Gasteiger charge is -2.30. The maximum atomic E-state index is 12.1. The summed E-state index contributed by atoms with van der Waals surface area (Å²) in [5.74, 6) is 0. The molecule has 0 aliphatic carbocycles. The van der Waals surface area contributed by atoms with E-state index >= 15 is 0 Å². The fraction of sp³-hybridized carbons (Fsp3) is 0.889. The monoisotopic (exact) mass is 437 g/mol. The van der Waals surface area contributed by atoms with E-state index in [1.54, 1.807) is 0 Å². The third-order valence-electron chi connectivity index (χ3n) is 2.18. The Hall–Kier alpha value is -0.750. The van der Waals surface area contributed by atoms with Crippen molar-refractivity contribution in [3.05, 3.63) is 0 Å². The van der Waals surface area contributed by atoms with Crippen molar-refractivity contribution in [2.24, 2.45) is 0 Å². The van der Waals surface area contributed by atoms with Crippen molar-refractivity contribution >= 4 is 24.3 Å². The quantitative estimate of drug-likeness (QED) is 0.177. The van der Waals surface area contributed by atoms with E-state index in [1.807, 2.05) is 37.7 Å². The number of nitrogens with zero attached hydrogens (tertiary/aromatic N) is 2. The van der Waals surface area contributed by atoms with Crippen LogP contribution in [0.5, 0.6) is 0 Å². The van der Waals surface area contributed by atoms with Gasteiger partial charge in [0.05, 0.1) is 28.2 Å². The van der Waals surface area contributed by atoms with Gasteiger partial charge in [-0.2, -0.15) is 43.9 Å². The van der Waals surface area contributed by atoms with Crippen LogP contribution in [-0.2, 0) is 4.57 Å². The number of rotatable bonds is 2. The van der Waals surface area contributed by atoms with Gasteiger partial charge in [-0.05, 0) is 0 Å². The van der Waals surface area contributed by atoms with Crippen LogP contribution >= 0.6 is 19.0 Å². The Labute approximate surface area is 140 Å². The molecule has 0 saturated heterocycles. The van der Waals surface area contributed by atoms with Gasteiger partial charge >= 0.3 is 36.3 Å². The second-order valence-electron chi connectivity index (χ2n) is 4.71. The summed E-state index contributed by atoms with van der Waals surface area (Å²) < 4.78 is 129. The van der Waals surface area contributed by atoms with Crippen molar-refractivity contribution in [2.75, 3.05) is 28.2 Å². The van der Waals surface area contributed by atoms with Crippen molar-refractivity contribution in [3.63, 3.8) is 0 Å². The van der Waals surface area contributed by atoms with Crippen LogP contribution in [0.4, 0.5) is 43.9 Å². The van der Waals surface area contributed by atoms with Crippen LogP contribution in [0.1, 0.15) is 0 Å². The second-order valence-corrected chi connectivity index (χ2v) is 7.33.